The topological polar surface area (TPSA) is 32.3 Å². The minimum Gasteiger partial charge on any atom is -0.325 e. The maximum absolute atomic E-state index is 12.7. The predicted molar refractivity (Wildman–Crippen MR) is 83.4 cm³/mol. The number of rotatable bonds is 8. The van der Waals surface area contributed by atoms with Crippen LogP contribution in [0.2, 0.25) is 0 Å². The van der Waals surface area contributed by atoms with Crippen LogP contribution >= 0.6 is 0 Å². The van der Waals surface area contributed by atoms with E-state index < -0.39 is 0 Å². The standard InChI is InChI=1S/C17H32N2O/c1-5-7-8-14(6-2)12-19-15(11-13(3)4)18-17(9-10-17)16(19)20/h13-15,18H,5-12H2,1-4H3. The van der Waals surface area contributed by atoms with Crippen molar-refractivity contribution in [1.29, 1.82) is 0 Å². The molecule has 1 aliphatic heterocycles. The third-order valence-electron chi connectivity index (χ3n) is 4.93. The zero-order chi connectivity index (χ0) is 14.8. The SMILES string of the molecule is CCCCC(CC)CN1C(=O)C2(CC2)NC1CC(C)C. The molecule has 0 radical (unpaired) electrons. The Hall–Kier alpha value is -0.570. The van der Waals surface area contributed by atoms with Crippen LogP contribution in [0.1, 0.15) is 72.6 Å². The summed E-state index contributed by atoms with van der Waals surface area (Å²) in [5.41, 5.74) is -0.150. The molecule has 2 unspecified atom stereocenters. The van der Waals surface area contributed by atoms with Gasteiger partial charge < -0.3 is 4.90 Å². The fraction of sp³-hybridized carbons (Fsp3) is 0.941. The van der Waals surface area contributed by atoms with Gasteiger partial charge in [0.05, 0.1) is 11.7 Å². The molecule has 0 bridgehead atoms. The summed E-state index contributed by atoms with van der Waals surface area (Å²) in [5.74, 6) is 1.69. The molecule has 2 fully saturated rings. The van der Waals surface area contributed by atoms with Crippen LogP contribution in [-0.2, 0) is 4.79 Å². The monoisotopic (exact) mass is 280 g/mol. The van der Waals surface area contributed by atoms with Crippen molar-refractivity contribution in [3.8, 4) is 0 Å². The van der Waals surface area contributed by atoms with E-state index in [0.717, 1.165) is 25.8 Å². The van der Waals surface area contributed by atoms with E-state index in [0.29, 0.717) is 17.7 Å². The summed E-state index contributed by atoms with van der Waals surface area (Å²) in [4.78, 5) is 14.8. The predicted octanol–water partition coefficient (Wildman–Crippen LogP) is 3.54. The summed E-state index contributed by atoms with van der Waals surface area (Å²) in [6, 6.07) is 0. The van der Waals surface area contributed by atoms with Gasteiger partial charge in [-0.1, -0.05) is 47.0 Å². The van der Waals surface area contributed by atoms with Crippen LogP contribution in [0.5, 0.6) is 0 Å². The summed E-state index contributed by atoms with van der Waals surface area (Å²) in [6.45, 7) is 9.96. The maximum atomic E-state index is 12.7. The normalized spacial score (nSPS) is 25.8. The fourth-order valence-electron chi connectivity index (χ4n) is 3.40. The van der Waals surface area contributed by atoms with E-state index in [9.17, 15) is 4.79 Å². The Bertz CT molecular complexity index is 336. The number of nitrogens with zero attached hydrogens (tertiary/aromatic N) is 1. The highest BCUT2D eigenvalue weighted by atomic mass is 16.2. The van der Waals surface area contributed by atoms with E-state index >= 15 is 0 Å². The molecule has 1 spiro atoms. The van der Waals surface area contributed by atoms with Gasteiger partial charge in [0, 0.05) is 6.54 Å². The third kappa shape index (κ3) is 3.36. The average Bonchev–Trinajstić information content (AvgIpc) is 3.13. The van der Waals surface area contributed by atoms with Crippen LogP contribution in [0, 0.1) is 11.8 Å². The number of nitrogens with one attached hydrogen (secondary N) is 1. The Morgan fingerprint density at radius 1 is 1.35 bits per heavy atom. The Balaban J connectivity index is 1.99. The van der Waals surface area contributed by atoms with Crippen LogP contribution < -0.4 is 5.32 Å². The first kappa shape index (κ1) is 15.8. The second-order valence-corrected chi connectivity index (χ2v) is 7.25. The smallest absolute Gasteiger partial charge is 0.244 e. The maximum Gasteiger partial charge on any atom is 0.244 e. The van der Waals surface area contributed by atoms with Crippen molar-refractivity contribution in [3.63, 3.8) is 0 Å². The Labute approximate surface area is 124 Å². The number of carbonyl (C=O) groups is 1. The Morgan fingerprint density at radius 2 is 2.05 bits per heavy atom. The molecule has 0 aromatic carbocycles. The number of unbranched alkanes of at least 4 members (excludes halogenated alkanes) is 1. The van der Waals surface area contributed by atoms with Gasteiger partial charge >= 0.3 is 0 Å². The number of carbonyl (C=O) groups excluding carboxylic acids is 1. The zero-order valence-corrected chi connectivity index (χ0v) is 13.7. The molecule has 1 heterocycles. The molecule has 3 nitrogen and oxygen atoms in total. The van der Waals surface area contributed by atoms with Crippen LogP contribution in [0.15, 0.2) is 0 Å². The van der Waals surface area contributed by atoms with E-state index in [1.54, 1.807) is 0 Å². The molecule has 2 rings (SSSR count). The lowest BCUT2D eigenvalue weighted by Gasteiger charge is -2.29. The Morgan fingerprint density at radius 3 is 2.55 bits per heavy atom. The van der Waals surface area contributed by atoms with E-state index in [1.807, 2.05) is 0 Å². The average molecular weight is 280 g/mol. The summed E-state index contributed by atoms with van der Waals surface area (Å²) in [6.07, 6.45) is 8.43. The summed E-state index contributed by atoms with van der Waals surface area (Å²) in [5, 5.41) is 3.63. The van der Waals surface area contributed by atoms with E-state index in [4.69, 9.17) is 0 Å². The number of hydrogen-bond acceptors (Lipinski definition) is 2. The molecule has 0 aromatic heterocycles. The molecule has 1 aliphatic carbocycles. The molecule has 1 amide bonds. The molecule has 2 aliphatic rings. The quantitative estimate of drug-likeness (QED) is 0.737. The molecule has 20 heavy (non-hydrogen) atoms. The lowest BCUT2D eigenvalue weighted by atomic mass is 9.98. The second-order valence-electron chi connectivity index (χ2n) is 7.25. The van der Waals surface area contributed by atoms with Crippen molar-refractivity contribution in [1.82, 2.24) is 10.2 Å². The molecular weight excluding hydrogens is 248 g/mol. The van der Waals surface area contributed by atoms with Gasteiger partial charge in [-0.15, -0.1) is 0 Å². The summed E-state index contributed by atoms with van der Waals surface area (Å²) < 4.78 is 0. The highest BCUT2D eigenvalue weighted by Crippen LogP contribution is 2.43. The molecule has 0 aromatic rings. The van der Waals surface area contributed by atoms with E-state index in [-0.39, 0.29) is 11.7 Å². The molecule has 1 saturated heterocycles. The van der Waals surface area contributed by atoms with Crippen molar-refractivity contribution < 1.29 is 4.79 Å². The first-order chi connectivity index (χ1) is 9.52. The Kier molecular flexibility index (Phi) is 5.11. The lowest BCUT2D eigenvalue weighted by Crippen LogP contribution is -2.41. The lowest BCUT2D eigenvalue weighted by molar-refractivity contribution is -0.131. The van der Waals surface area contributed by atoms with Gasteiger partial charge in [0.1, 0.15) is 0 Å². The minimum atomic E-state index is -0.150. The molecule has 1 N–H and O–H groups in total. The molecular formula is C17H32N2O. The van der Waals surface area contributed by atoms with Crippen LogP contribution in [-0.4, -0.2) is 29.1 Å². The zero-order valence-electron chi connectivity index (χ0n) is 13.7. The van der Waals surface area contributed by atoms with Crippen LogP contribution in [0.4, 0.5) is 0 Å². The molecule has 116 valence electrons. The second kappa shape index (κ2) is 6.46. The van der Waals surface area contributed by atoms with Crippen molar-refractivity contribution in [2.24, 2.45) is 11.8 Å². The van der Waals surface area contributed by atoms with E-state index in [1.165, 1.54) is 25.7 Å². The number of hydrogen-bond donors (Lipinski definition) is 1. The van der Waals surface area contributed by atoms with Gasteiger partial charge in [-0.05, 0) is 37.5 Å². The van der Waals surface area contributed by atoms with Crippen LogP contribution in [0.25, 0.3) is 0 Å². The first-order valence-corrected chi connectivity index (χ1v) is 8.61. The largest absolute Gasteiger partial charge is 0.325 e. The van der Waals surface area contributed by atoms with Gasteiger partial charge in [-0.2, -0.15) is 0 Å². The molecule has 1 saturated carbocycles. The van der Waals surface area contributed by atoms with Gasteiger partial charge in [-0.3, -0.25) is 10.1 Å². The highest BCUT2D eigenvalue weighted by molar-refractivity contribution is 5.91. The fourth-order valence-corrected chi connectivity index (χ4v) is 3.40. The minimum absolute atomic E-state index is 0.150. The van der Waals surface area contributed by atoms with Crippen molar-refractivity contribution >= 4 is 5.91 Å². The van der Waals surface area contributed by atoms with E-state index in [2.05, 4.69) is 37.9 Å². The third-order valence-corrected chi connectivity index (χ3v) is 4.93. The van der Waals surface area contributed by atoms with Gasteiger partial charge in [0.15, 0.2) is 0 Å². The van der Waals surface area contributed by atoms with Gasteiger partial charge in [0.25, 0.3) is 0 Å². The van der Waals surface area contributed by atoms with Gasteiger partial charge in [0.2, 0.25) is 5.91 Å². The summed E-state index contributed by atoms with van der Waals surface area (Å²) >= 11 is 0. The van der Waals surface area contributed by atoms with Crippen molar-refractivity contribution in [3.05, 3.63) is 0 Å². The van der Waals surface area contributed by atoms with Gasteiger partial charge in [-0.25, -0.2) is 0 Å². The van der Waals surface area contributed by atoms with Crippen LogP contribution in [0.3, 0.4) is 0 Å². The first-order valence-electron chi connectivity index (χ1n) is 8.61. The summed E-state index contributed by atoms with van der Waals surface area (Å²) in [7, 11) is 0. The number of amides is 1. The molecule has 3 heteroatoms. The van der Waals surface area contributed by atoms with Crippen molar-refractivity contribution in [2.45, 2.75) is 84.3 Å². The van der Waals surface area contributed by atoms with Crippen molar-refractivity contribution in [2.75, 3.05) is 6.54 Å². The molecule has 2 atom stereocenters. The highest BCUT2D eigenvalue weighted by Gasteiger charge is 2.58.